The third kappa shape index (κ3) is 10.9. The van der Waals surface area contributed by atoms with Gasteiger partial charge >= 0.3 is 11.9 Å². The third-order valence-electron chi connectivity index (χ3n) is 2.60. The molecule has 0 aromatic rings. The molecule has 0 saturated heterocycles. The first-order valence-electron chi connectivity index (χ1n) is 7.14. The topological polar surface area (TPSA) is 128 Å². The van der Waals surface area contributed by atoms with Crippen LogP contribution in [0.3, 0.4) is 0 Å². The molecule has 0 aliphatic rings. The molecule has 0 unspecified atom stereocenters. The first kappa shape index (κ1) is 21.7. The molecule has 2 atom stereocenters. The number of carbonyl (C=O) groups is 3. The summed E-state index contributed by atoms with van der Waals surface area (Å²) in [5.74, 6) is -0.674. The normalized spacial score (nSPS) is 13.8. The van der Waals surface area contributed by atoms with Crippen molar-refractivity contribution in [3.05, 3.63) is 0 Å². The van der Waals surface area contributed by atoms with Crippen molar-refractivity contribution < 1.29 is 29.0 Å². The van der Waals surface area contributed by atoms with E-state index in [0.717, 1.165) is 0 Å². The first-order valence-corrected chi connectivity index (χ1v) is 8.29. The molecule has 0 fully saturated rings. The van der Waals surface area contributed by atoms with Crippen LogP contribution < -0.4 is 11.1 Å². The fourth-order valence-corrected chi connectivity index (χ4v) is 2.40. The molecule has 0 saturated carbocycles. The molecular formula is C14H26N2O6S. The lowest BCUT2D eigenvalue weighted by Crippen LogP contribution is -2.53. The van der Waals surface area contributed by atoms with E-state index in [1.54, 1.807) is 13.8 Å². The molecule has 0 aromatic heterocycles. The van der Waals surface area contributed by atoms with E-state index in [-0.39, 0.29) is 19.1 Å². The van der Waals surface area contributed by atoms with E-state index in [1.807, 2.05) is 0 Å². The smallest absolute Gasteiger partial charge is 0.303 e. The van der Waals surface area contributed by atoms with Gasteiger partial charge in [0.15, 0.2) is 0 Å². The molecule has 23 heavy (non-hydrogen) atoms. The van der Waals surface area contributed by atoms with E-state index in [2.05, 4.69) is 5.32 Å². The average Bonchev–Trinajstić information content (AvgIpc) is 2.43. The predicted molar refractivity (Wildman–Crippen MR) is 86.8 cm³/mol. The van der Waals surface area contributed by atoms with Gasteiger partial charge in [-0.15, -0.1) is 0 Å². The lowest BCUT2D eigenvalue weighted by atomic mass is 10.1. The van der Waals surface area contributed by atoms with Gasteiger partial charge in [0, 0.05) is 25.4 Å². The van der Waals surface area contributed by atoms with Crippen LogP contribution in [-0.4, -0.2) is 65.4 Å². The molecule has 9 heteroatoms. The Labute approximate surface area is 140 Å². The van der Waals surface area contributed by atoms with Crippen molar-refractivity contribution in [3.8, 4) is 0 Å². The fraction of sp³-hybridized carbons (Fsp3) is 0.786. The van der Waals surface area contributed by atoms with Crippen LogP contribution in [0.5, 0.6) is 0 Å². The summed E-state index contributed by atoms with van der Waals surface area (Å²) in [6, 6.07) is -0.766. The molecular weight excluding hydrogens is 324 g/mol. The second-order valence-corrected chi connectivity index (χ2v) is 6.78. The summed E-state index contributed by atoms with van der Waals surface area (Å²) in [5.41, 5.74) is 5.04. The van der Waals surface area contributed by atoms with Gasteiger partial charge in [0.1, 0.15) is 12.7 Å². The number of thioether (sulfide) groups is 1. The summed E-state index contributed by atoms with van der Waals surface area (Å²) >= 11 is 1.31. The van der Waals surface area contributed by atoms with Crippen molar-refractivity contribution in [3.63, 3.8) is 0 Å². The maximum Gasteiger partial charge on any atom is 0.303 e. The van der Waals surface area contributed by atoms with E-state index in [1.165, 1.54) is 25.6 Å². The third-order valence-corrected chi connectivity index (χ3v) is 3.80. The van der Waals surface area contributed by atoms with Crippen LogP contribution in [0.4, 0.5) is 0 Å². The Kier molecular flexibility index (Phi) is 9.85. The van der Waals surface area contributed by atoms with Gasteiger partial charge < -0.3 is 25.6 Å². The number of hydrogen-bond acceptors (Lipinski definition) is 8. The van der Waals surface area contributed by atoms with Crippen molar-refractivity contribution in [1.82, 2.24) is 5.32 Å². The molecule has 0 rings (SSSR count). The Hall–Kier alpha value is -1.32. The maximum absolute atomic E-state index is 11.9. The Morgan fingerprint density at radius 3 is 2.30 bits per heavy atom. The van der Waals surface area contributed by atoms with Crippen LogP contribution >= 0.6 is 11.8 Å². The lowest BCUT2D eigenvalue weighted by molar-refractivity contribution is -0.154. The first-order chi connectivity index (χ1) is 10.6. The number of amides is 1. The SMILES string of the molecule is CC(=O)OC[C@H](CSC[C@H](N)C(=O)NC(C)(C)CO)OC(C)=O. The number of ether oxygens (including phenoxy) is 2. The standard InChI is InChI=1S/C14H26N2O6S/c1-9(18)21-5-11(22-10(2)19)6-23-7-12(15)13(20)16-14(3,4)8-17/h11-12,17H,5-8,15H2,1-4H3,(H,16,20)/t11-,12+/m1/s1. The quantitative estimate of drug-likeness (QED) is 0.447. The molecule has 0 bridgehead atoms. The molecule has 0 aliphatic heterocycles. The fourth-order valence-electron chi connectivity index (χ4n) is 1.43. The minimum absolute atomic E-state index is 0.0408. The summed E-state index contributed by atoms with van der Waals surface area (Å²) in [5, 5.41) is 11.7. The number of aliphatic hydroxyl groups is 1. The highest BCUT2D eigenvalue weighted by molar-refractivity contribution is 7.99. The van der Waals surface area contributed by atoms with Gasteiger partial charge in [-0.05, 0) is 13.8 Å². The van der Waals surface area contributed by atoms with Gasteiger partial charge in [-0.1, -0.05) is 0 Å². The van der Waals surface area contributed by atoms with Crippen LogP contribution in [0.15, 0.2) is 0 Å². The highest BCUT2D eigenvalue weighted by Crippen LogP contribution is 2.09. The Morgan fingerprint density at radius 2 is 1.83 bits per heavy atom. The molecule has 134 valence electrons. The van der Waals surface area contributed by atoms with Gasteiger partial charge in [-0.25, -0.2) is 0 Å². The molecule has 0 aliphatic carbocycles. The zero-order chi connectivity index (χ0) is 18.0. The maximum atomic E-state index is 11.9. The van der Waals surface area contributed by atoms with Gasteiger partial charge in [0.25, 0.3) is 0 Å². The van der Waals surface area contributed by atoms with Crippen molar-refractivity contribution >= 4 is 29.6 Å². The second kappa shape index (κ2) is 10.5. The van der Waals surface area contributed by atoms with E-state index in [0.29, 0.717) is 11.5 Å². The monoisotopic (exact) mass is 350 g/mol. The van der Waals surface area contributed by atoms with Crippen LogP contribution in [0.25, 0.3) is 0 Å². The summed E-state index contributed by atoms with van der Waals surface area (Å²) in [4.78, 5) is 33.7. The summed E-state index contributed by atoms with van der Waals surface area (Å²) < 4.78 is 9.85. The Bertz CT molecular complexity index is 416. The number of nitrogens with two attached hydrogens (primary N) is 1. The minimum atomic E-state index is -0.766. The number of aliphatic hydroxyl groups excluding tert-OH is 1. The van der Waals surface area contributed by atoms with Crippen LogP contribution in [0, 0.1) is 0 Å². The number of nitrogens with one attached hydrogen (secondary N) is 1. The van der Waals surface area contributed by atoms with Gasteiger partial charge in [0.2, 0.25) is 5.91 Å². The van der Waals surface area contributed by atoms with E-state index >= 15 is 0 Å². The van der Waals surface area contributed by atoms with E-state index in [4.69, 9.17) is 20.3 Å². The van der Waals surface area contributed by atoms with Crippen molar-refractivity contribution in [2.24, 2.45) is 5.73 Å². The van der Waals surface area contributed by atoms with E-state index in [9.17, 15) is 14.4 Å². The number of hydrogen-bond donors (Lipinski definition) is 3. The second-order valence-electron chi connectivity index (χ2n) is 5.71. The molecule has 0 heterocycles. The highest BCUT2D eigenvalue weighted by atomic mass is 32.2. The lowest BCUT2D eigenvalue weighted by Gasteiger charge is -2.25. The highest BCUT2D eigenvalue weighted by Gasteiger charge is 2.23. The molecule has 4 N–H and O–H groups in total. The molecule has 0 spiro atoms. The zero-order valence-corrected chi connectivity index (χ0v) is 14.8. The zero-order valence-electron chi connectivity index (χ0n) is 14.0. The largest absolute Gasteiger partial charge is 0.462 e. The number of esters is 2. The summed E-state index contributed by atoms with van der Waals surface area (Å²) in [7, 11) is 0. The number of rotatable bonds is 10. The summed E-state index contributed by atoms with van der Waals surface area (Å²) in [6.07, 6.45) is -0.592. The Balaban J connectivity index is 4.27. The van der Waals surface area contributed by atoms with Crippen molar-refractivity contribution in [2.45, 2.75) is 45.4 Å². The molecule has 8 nitrogen and oxygen atoms in total. The van der Waals surface area contributed by atoms with Crippen molar-refractivity contribution in [1.29, 1.82) is 0 Å². The molecule has 1 amide bonds. The minimum Gasteiger partial charge on any atom is -0.462 e. The number of carbonyl (C=O) groups excluding carboxylic acids is 3. The van der Waals surface area contributed by atoms with Crippen LogP contribution in [0.1, 0.15) is 27.7 Å². The van der Waals surface area contributed by atoms with Crippen LogP contribution in [-0.2, 0) is 23.9 Å². The summed E-state index contributed by atoms with van der Waals surface area (Å²) in [6.45, 7) is 5.65. The van der Waals surface area contributed by atoms with Gasteiger partial charge in [-0.2, -0.15) is 11.8 Å². The van der Waals surface area contributed by atoms with Crippen LogP contribution in [0.2, 0.25) is 0 Å². The predicted octanol–water partition coefficient (Wildman–Crippen LogP) is -0.571. The average molecular weight is 350 g/mol. The van der Waals surface area contributed by atoms with Gasteiger partial charge in [0.05, 0.1) is 18.2 Å². The van der Waals surface area contributed by atoms with Gasteiger partial charge in [-0.3, -0.25) is 14.4 Å². The molecule has 0 aromatic carbocycles. The van der Waals surface area contributed by atoms with E-state index < -0.39 is 29.6 Å². The molecule has 0 radical (unpaired) electrons. The Morgan fingerprint density at radius 1 is 1.22 bits per heavy atom. The van der Waals surface area contributed by atoms with Crippen molar-refractivity contribution in [2.75, 3.05) is 24.7 Å².